The van der Waals surface area contributed by atoms with Crippen molar-refractivity contribution in [2.75, 3.05) is 12.4 Å². The number of rotatable bonds is 4. The summed E-state index contributed by atoms with van der Waals surface area (Å²) in [5, 5.41) is 5.47. The van der Waals surface area contributed by atoms with E-state index in [0.717, 1.165) is 27.7 Å². The van der Waals surface area contributed by atoms with E-state index in [2.05, 4.69) is 51.5 Å². The lowest BCUT2D eigenvalue weighted by molar-refractivity contribution is 1.19. The fraction of sp³-hybridized carbons (Fsp3) is 0.111. The molecule has 0 amide bonds. The van der Waals surface area contributed by atoms with Crippen LogP contribution in [0.2, 0.25) is 0 Å². The van der Waals surface area contributed by atoms with Crippen molar-refractivity contribution in [2.24, 2.45) is 4.99 Å². The first-order valence-electron chi connectivity index (χ1n) is 7.24. The summed E-state index contributed by atoms with van der Waals surface area (Å²) in [4.78, 5) is 13.0. The molecule has 0 saturated heterocycles. The van der Waals surface area contributed by atoms with Gasteiger partial charge in [-0.2, -0.15) is 0 Å². The van der Waals surface area contributed by atoms with Crippen LogP contribution in [0.15, 0.2) is 47.6 Å². The van der Waals surface area contributed by atoms with E-state index in [1.807, 2.05) is 25.4 Å². The van der Waals surface area contributed by atoms with Crippen LogP contribution in [0, 0.1) is 6.92 Å². The highest BCUT2D eigenvalue weighted by Gasteiger charge is 2.06. The van der Waals surface area contributed by atoms with Crippen LogP contribution in [-0.4, -0.2) is 28.6 Å². The Morgan fingerprint density at radius 3 is 2.83 bits per heavy atom. The highest BCUT2D eigenvalue weighted by atomic mass is 32.1. The zero-order valence-electron chi connectivity index (χ0n) is 12.9. The maximum absolute atomic E-state index is 4.78. The number of nitrogens with zero attached hydrogens (tertiary/aromatic N) is 3. The number of benzene rings is 2. The molecule has 0 bridgehead atoms. The van der Waals surface area contributed by atoms with Crippen molar-refractivity contribution in [3.8, 4) is 11.1 Å². The van der Waals surface area contributed by atoms with Crippen molar-refractivity contribution in [1.82, 2.24) is 9.97 Å². The Bertz CT molecular complexity index is 903. The first-order valence-corrected chi connectivity index (χ1v) is 7.72. The minimum absolute atomic E-state index is 0.623. The highest BCUT2D eigenvalue weighted by Crippen LogP contribution is 2.29. The van der Waals surface area contributed by atoms with Gasteiger partial charge in [-0.05, 0) is 47.9 Å². The van der Waals surface area contributed by atoms with Crippen LogP contribution in [0.5, 0.6) is 0 Å². The lowest BCUT2D eigenvalue weighted by Crippen LogP contribution is -1.95. The normalized spacial score (nSPS) is 11.0. The lowest BCUT2D eigenvalue weighted by Gasteiger charge is -2.09. The molecule has 1 N–H and O–H groups in total. The van der Waals surface area contributed by atoms with Gasteiger partial charge in [0.15, 0.2) is 0 Å². The molecule has 5 heteroatoms. The van der Waals surface area contributed by atoms with E-state index >= 15 is 0 Å². The van der Waals surface area contributed by atoms with E-state index in [4.69, 9.17) is 12.2 Å². The van der Waals surface area contributed by atoms with Crippen LogP contribution in [0.4, 0.5) is 11.6 Å². The Hall–Kier alpha value is -2.66. The maximum Gasteiger partial charge on any atom is 0.222 e. The molecule has 3 aromatic rings. The summed E-state index contributed by atoms with van der Waals surface area (Å²) in [7, 11) is 1.81. The Balaban J connectivity index is 2.09. The number of hydrogen-bond donors (Lipinski definition) is 1. The second kappa shape index (κ2) is 6.62. The average Bonchev–Trinajstić information content (AvgIpc) is 2.60. The molecule has 0 saturated carbocycles. The zero-order chi connectivity index (χ0) is 16.2. The van der Waals surface area contributed by atoms with Crippen molar-refractivity contribution in [2.45, 2.75) is 6.92 Å². The van der Waals surface area contributed by atoms with E-state index in [1.54, 1.807) is 6.21 Å². The summed E-state index contributed by atoms with van der Waals surface area (Å²) >= 11 is 4.78. The highest BCUT2D eigenvalue weighted by molar-refractivity contribution is 7.80. The van der Waals surface area contributed by atoms with E-state index in [-0.39, 0.29) is 0 Å². The molecular formula is C18H16N4S. The first-order chi connectivity index (χ1) is 11.2. The third-order valence-electron chi connectivity index (χ3n) is 3.62. The standard InChI is InChI=1S/C18H16N4S/c1-12-3-5-15(20-7-8-23)10-16(12)13-4-6-17-14(9-13)11-21-18(19-2)22-17/h3-11H,1-2H3,(H,19,21,22). The van der Waals surface area contributed by atoms with Crippen molar-refractivity contribution in [3.63, 3.8) is 0 Å². The van der Waals surface area contributed by atoms with Crippen LogP contribution in [0.25, 0.3) is 22.0 Å². The fourth-order valence-electron chi connectivity index (χ4n) is 2.44. The molecule has 1 aromatic heterocycles. The summed E-state index contributed by atoms with van der Waals surface area (Å²) in [6.45, 7) is 2.09. The third kappa shape index (κ3) is 3.24. The second-order valence-corrected chi connectivity index (χ2v) is 5.40. The van der Waals surface area contributed by atoms with E-state index in [9.17, 15) is 0 Å². The molecular weight excluding hydrogens is 304 g/mol. The molecule has 0 aliphatic heterocycles. The molecule has 2 aromatic carbocycles. The molecule has 0 aliphatic rings. The van der Waals surface area contributed by atoms with Crippen molar-refractivity contribution in [1.29, 1.82) is 0 Å². The molecule has 114 valence electrons. The number of fused-ring (bicyclic) bond motifs is 1. The molecule has 0 atom stereocenters. The Kier molecular flexibility index (Phi) is 4.39. The van der Waals surface area contributed by atoms with Crippen LogP contribution in [-0.2, 0) is 0 Å². The number of hydrogen-bond acceptors (Lipinski definition) is 5. The summed E-state index contributed by atoms with van der Waals surface area (Å²) in [6, 6.07) is 12.3. The van der Waals surface area contributed by atoms with Crippen molar-refractivity contribution in [3.05, 3.63) is 48.2 Å². The van der Waals surface area contributed by atoms with E-state index < -0.39 is 0 Å². The van der Waals surface area contributed by atoms with Gasteiger partial charge in [0, 0.05) is 30.2 Å². The van der Waals surface area contributed by atoms with Gasteiger partial charge in [-0.3, -0.25) is 4.99 Å². The van der Waals surface area contributed by atoms with Crippen molar-refractivity contribution >= 4 is 46.3 Å². The van der Waals surface area contributed by atoms with Gasteiger partial charge in [0.2, 0.25) is 5.95 Å². The summed E-state index contributed by atoms with van der Waals surface area (Å²) in [5.41, 5.74) is 5.26. The average molecular weight is 320 g/mol. The molecule has 0 radical (unpaired) electrons. The largest absolute Gasteiger partial charge is 0.357 e. The quantitative estimate of drug-likeness (QED) is 0.573. The predicted molar refractivity (Wildman–Crippen MR) is 101 cm³/mol. The number of aliphatic imine (C=N–C) groups is 1. The van der Waals surface area contributed by atoms with E-state index in [0.29, 0.717) is 5.95 Å². The van der Waals surface area contributed by atoms with Gasteiger partial charge in [0.05, 0.1) is 11.2 Å². The van der Waals surface area contributed by atoms with Crippen LogP contribution >= 0.6 is 12.2 Å². The summed E-state index contributed by atoms with van der Waals surface area (Å²) < 4.78 is 0. The predicted octanol–water partition coefficient (Wildman–Crippen LogP) is 4.35. The molecule has 4 nitrogen and oxygen atoms in total. The molecule has 0 aliphatic carbocycles. The van der Waals surface area contributed by atoms with Gasteiger partial charge in [-0.1, -0.05) is 24.4 Å². The van der Waals surface area contributed by atoms with Gasteiger partial charge >= 0.3 is 0 Å². The van der Waals surface area contributed by atoms with Gasteiger partial charge < -0.3 is 5.32 Å². The summed E-state index contributed by atoms with van der Waals surface area (Å²) in [6.07, 6.45) is 3.46. The minimum atomic E-state index is 0.623. The number of aryl methyl sites for hydroxylation is 1. The first kappa shape index (κ1) is 15.2. The molecule has 1 heterocycles. The van der Waals surface area contributed by atoms with Crippen LogP contribution in [0.1, 0.15) is 5.56 Å². The Morgan fingerprint density at radius 1 is 1.17 bits per heavy atom. The van der Waals surface area contributed by atoms with Crippen molar-refractivity contribution < 1.29 is 0 Å². The number of aromatic nitrogens is 2. The SMILES string of the molecule is CNc1ncc2cc(-c3cc(N=CC=S)ccc3C)ccc2n1. The zero-order valence-corrected chi connectivity index (χ0v) is 13.8. The molecule has 0 spiro atoms. The summed E-state index contributed by atoms with van der Waals surface area (Å²) in [5.74, 6) is 0.623. The van der Waals surface area contributed by atoms with Gasteiger partial charge in [-0.25, -0.2) is 9.97 Å². The number of thiocarbonyl (C=S) groups is 1. The van der Waals surface area contributed by atoms with Crippen LogP contribution in [0.3, 0.4) is 0 Å². The lowest BCUT2D eigenvalue weighted by atomic mass is 9.99. The smallest absolute Gasteiger partial charge is 0.222 e. The molecule has 23 heavy (non-hydrogen) atoms. The Morgan fingerprint density at radius 2 is 2.04 bits per heavy atom. The molecule has 0 fully saturated rings. The third-order valence-corrected chi connectivity index (χ3v) is 3.74. The van der Waals surface area contributed by atoms with Gasteiger partial charge in [0.1, 0.15) is 0 Å². The van der Waals surface area contributed by atoms with E-state index in [1.165, 1.54) is 10.9 Å². The van der Waals surface area contributed by atoms with Gasteiger partial charge in [0.25, 0.3) is 0 Å². The second-order valence-electron chi connectivity index (χ2n) is 5.13. The molecule has 3 rings (SSSR count). The monoisotopic (exact) mass is 320 g/mol. The Labute approximate surface area is 140 Å². The molecule has 0 unspecified atom stereocenters. The maximum atomic E-state index is 4.78. The van der Waals surface area contributed by atoms with Crippen LogP contribution < -0.4 is 5.32 Å². The topological polar surface area (TPSA) is 50.2 Å². The van der Waals surface area contributed by atoms with Gasteiger partial charge in [-0.15, -0.1) is 0 Å². The number of nitrogens with one attached hydrogen (secondary N) is 1. The number of anilines is 1. The minimum Gasteiger partial charge on any atom is -0.357 e. The fourth-order valence-corrected chi connectivity index (χ4v) is 2.50.